The highest BCUT2D eigenvalue weighted by Gasteiger charge is 2.44. The van der Waals surface area contributed by atoms with Gasteiger partial charge < -0.3 is 15.0 Å². The number of hydrogen-bond donors (Lipinski definition) is 1. The maximum Gasteiger partial charge on any atom is 0.193 e. The van der Waals surface area contributed by atoms with Gasteiger partial charge in [0.25, 0.3) is 0 Å². The molecule has 2 aliphatic rings. The molecule has 1 saturated heterocycles. The van der Waals surface area contributed by atoms with E-state index < -0.39 is 0 Å². The largest absolute Gasteiger partial charge is 0.378 e. The molecule has 1 saturated carbocycles. The number of nitrogens with zero attached hydrogens (tertiary/aromatic N) is 2. The third-order valence-electron chi connectivity index (χ3n) is 5.32. The summed E-state index contributed by atoms with van der Waals surface area (Å²) in [6, 6.07) is 6.95. The zero-order valence-electron chi connectivity index (χ0n) is 15.8. The highest BCUT2D eigenvalue weighted by atomic mass is 127. The van der Waals surface area contributed by atoms with E-state index in [1.165, 1.54) is 5.56 Å². The van der Waals surface area contributed by atoms with Crippen molar-refractivity contribution in [2.75, 3.05) is 32.8 Å². The summed E-state index contributed by atoms with van der Waals surface area (Å²) in [5, 5.41) is 3.44. The number of benzene rings is 1. The van der Waals surface area contributed by atoms with Crippen LogP contribution in [0.15, 0.2) is 29.3 Å². The highest BCUT2D eigenvalue weighted by Crippen LogP contribution is 2.48. The third kappa shape index (κ3) is 5.31. The van der Waals surface area contributed by atoms with E-state index >= 15 is 0 Å². The molecule has 1 N–H and O–H groups in total. The van der Waals surface area contributed by atoms with Gasteiger partial charge in [0.1, 0.15) is 5.82 Å². The minimum absolute atomic E-state index is 0. The van der Waals surface area contributed by atoms with Crippen molar-refractivity contribution in [2.24, 2.45) is 4.99 Å². The molecule has 1 aromatic rings. The van der Waals surface area contributed by atoms with Crippen LogP contribution >= 0.6 is 24.0 Å². The van der Waals surface area contributed by atoms with E-state index in [-0.39, 0.29) is 35.2 Å². The van der Waals surface area contributed by atoms with Crippen LogP contribution in [0.3, 0.4) is 0 Å². The predicted octanol–water partition coefficient (Wildman–Crippen LogP) is 3.94. The van der Waals surface area contributed by atoms with Crippen molar-refractivity contribution < 1.29 is 9.13 Å². The molecule has 3 rings (SSSR count). The lowest BCUT2D eigenvalue weighted by Gasteiger charge is -2.34. The zero-order valence-corrected chi connectivity index (χ0v) is 18.2. The van der Waals surface area contributed by atoms with E-state index in [9.17, 15) is 4.39 Å². The van der Waals surface area contributed by atoms with E-state index in [0.29, 0.717) is 6.10 Å². The Morgan fingerprint density at radius 3 is 2.42 bits per heavy atom. The first kappa shape index (κ1) is 21.4. The van der Waals surface area contributed by atoms with E-state index in [1.807, 2.05) is 12.1 Å². The first-order valence-electron chi connectivity index (χ1n) is 9.58. The van der Waals surface area contributed by atoms with Gasteiger partial charge in [-0.2, -0.15) is 0 Å². The molecule has 0 radical (unpaired) electrons. The average molecular weight is 475 g/mol. The Bertz CT molecular complexity index is 581. The summed E-state index contributed by atoms with van der Waals surface area (Å²) in [5.74, 6) is 0.833. The molecule has 26 heavy (non-hydrogen) atoms. The normalized spacial score (nSPS) is 19.8. The first-order valence-corrected chi connectivity index (χ1v) is 9.58. The fourth-order valence-electron chi connectivity index (χ4n) is 3.61. The summed E-state index contributed by atoms with van der Waals surface area (Å²) in [4.78, 5) is 7.29. The number of ether oxygens (including phenoxy) is 1. The van der Waals surface area contributed by atoms with Crippen LogP contribution in [0.1, 0.15) is 45.1 Å². The molecule has 1 heterocycles. The lowest BCUT2D eigenvalue weighted by molar-refractivity contribution is 0.0263. The van der Waals surface area contributed by atoms with Crippen molar-refractivity contribution in [3.63, 3.8) is 0 Å². The molecule has 1 aliphatic carbocycles. The van der Waals surface area contributed by atoms with Crippen LogP contribution in [0.4, 0.5) is 4.39 Å². The van der Waals surface area contributed by atoms with E-state index in [2.05, 4.69) is 24.1 Å². The van der Waals surface area contributed by atoms with Gasteiger partial charge in [-0.05, 0) is 57.2 Å². The van der Waals surface area contributed by atoms with Crippen LogP contribution in [-0.2, 0) is 10.2 Å². The fourth-order valence-corrected chi connectivity index (χ4v) is 3.61. The van der Waals surface area contributed by atoms with E-state index in [1.54, 1.807) is 12.1 Å². The van der Waals surface area contributed by atoms with Crippen LogP contribution in [0.2, 0.25) is 0 Å². The van der Waals surface area contributed by atoms with Crippen LogP contribution in [-0.4, -0.2) is 49.7 Å². The molecule has 1 aromatic carbocycles. The highest BCUT2D eigenvalue weighted by molar-refractivity contribution is 14.0. The standard InChI is InChI=1S/C20H30FN3O.HI/c1-3-22-19(24-13-9-18(10-14-24)25-4-2)23-15-20(11-12-20)16-5-7-17(21)8-6-16;/h5-8,18H,3-4,9-15H2,1-2H3,(H,22,23);1H. The molecule has 0 atom stereocenters. The van der Waals surface area contributed by atoms with Gasteiger partial charge in [-0.15, -0.1) is 24.0 Å². The van der Waals surface area contributed by atoms with Crippen molar-refractivity contribution >= 4 is 29.9 Å². The number of hydrogen-bond acceptors (Lipinski definition) is 2. The minimum Gasteiger partial charge on any atom is -0.378 e. The zero-order chi connectivity index (χ0) is 17.7. The fraction of sp³-hybridized carbons (Fsp3) is 0.650. The van der Waals surface area contributed by atoms with Gasteiger partial charge in [0, 0.05) is 31.7 Å². The predicted molar refractivity (Wildman–Crippen MR) is 115 cm³/mol. The Labute approximate surface area is 173 Å². The Kier molecular flexibility index (Phi) is 8.13. The molecule has 0 aromatic heterocycles. The molecule has 6 heteroatoms. The topological polar surface area (TPSA) is 36.9 Å². The van der Waals surface area contributed by atoms with Gasteiger partial charge in [0.05, 0.1) is 12.6 Å². The van der Waals surface area contributed by atoms with Crippen molar-refractivity contribution in [3.05, 3.63) is 35.6 Å². The lowest BCUT2D eigenvalue weighted by Crippen LogP contribution is -2.47. The SMILES string of the molecule is CCNC(=NCC1(c2ccc(F)cc2)CC1)N1CCC(OCC)CC1.I. The Balaban J connectivity index is 0.00000243. The second-order valence-electron chi connectivity index (χ2n) is 7.10. The van der Waals surface area contributed by atoms with Crippen LogP contribution in [0, 0.1) is 5.82 Å². The summed E-state index contributed by atoms with van der Waals surface area (Å²) in [5.41, 5.74) is 1.32. The number of piperidine rings is 1. The van der Waals surface area contributed by atoms with Gasteiger partial charge in [0.2, 0.25) is 0 Å². The van der Waals surface area contributed by atoms with Crippen molar-refractivity contribution in [2.45, 2.75) is 51.0 Å². The second-order valence-corrected chi connectivity index (χ2v) is 7.10. The van der Waals surface area contributed by atoms with Gasteiger partial charge >= 0.3 is 0 Å². The Hall–Kier alpha value is -0.890. The van der Waals surface area contributed by atoms with Crippen LogP contribution in [0.5, 0.6) is 0 Å². The summed E-state index contributed by atoms with van der Waals surface area (Å²) in [6.45, 7) is 8.57. The van der Waals surface area contributed by atoms with Crippen molar-refractivity contribution in [3.8, 4) is 0 Å². The minimum atomic E-state index is -0.173. The Morgan fingerprint density at radius 1 is 1.23 bits per heavy atom. The molecule has 0 amide bonds. The number of halogens is 2. The summed E-state index contributed by atoms with van der Waals surface area (Å²) >= 11 is 0. The number of rotatable bonds is 6. The number of aliphatic imine (C=N–C) groups is 1. The average Bonchev–Trinajstić information content (AvgIpc) is 3.41. The molecule has 0 unspecified atom stereocenters. The molecule has 0 spiro atoms. The summed E-state index contributed by atoms with van der Waals surface area (Å²) < 4.78 is 18.9. The van der Waals surface area contributed by atoms with Gasteiger partial charge in [-0.3, -0.25) is 4.99 Å². The quantitative estimate of drug-likeness (QED) is 0.385. The van der Waals surface area contributed by atoms with Crippen LogP contribution in [0.25, 0.3) is 0 Å². The molecule has 146 valence electrons. The first-order chi connectivity index (χ1) is 12.2. The molecular formula is C20H31FIN3O. The monoisotopic (exact) mass is 475 g/mol. The van der Waals surface area contributed by atoms with Crippen molar-refractivity contribution in [1.29, 1.82) is 0 Å². The number of guanidine groups is 1. The van der Waals surface area contributed by atoms with Crippen LogP contribution < -0.4 is 5.32 Å². The molecule has 1 aliphatic heterocycles. The van der Waals surface area contributed by atoms with Crippen molar-refractivity contribution in [1.82, 2.24) is 10.2 Å². The van der Waals surface area contributed by atoms with E-state index in [0.717, 1.165) is 64.4 Å². The number of likely N-dealkylation sites (tertiary alicyclic amines) is 1. The lowest BCUT2D eigenvalue weighted by atomic mass is 9.96. The summed E-state index contributed by atoms with van der Waals surface area (Å²) in [7, 11) is 0. The smallest absolute Gasteiger partial charge is 0.193 e. The Morgan fingerprint density at radius 2 is 1.88 bits per heavy atom. The van der Waals surface area contributed by atoms with E-state index in [4.69, 9.17) is 9.73 Å². The molecule has 0 bridgehead atoms. The number of nitrogens with one attached hydrogen (secondary N) is 1. The summed E-state index contributed by atoms with van der Waals surface area (Å²) in [6.07, 6.45) is 4.77. The van der Waals surface area contributed by atoms with Gasteiger partial charge in [-0.1, -0.05) is 12.1 Å². The second kappa shape index (κ2) is 9.88. The molecule has 4 nitrogen and oxygen atoms in total. The maximum absolute atomic E-state index is 13.2. The van der Waals surface area contributed by atoms with Gasteiger partial charge in [-0.25, -0.2) is 4.39 Å². The third-order valence-corrected chi connectivity index (χ3v) is 5.32. The molecule has 2 fully saturated rings. The maximum atomic E-state index is 13.2. The van der Waals surface area contributed by atoms with Gasteiger partial charge in [0.15, 0.2) is 5.96 Å². The molecular weight excluding hydrogens is 444 g/mol.